The molecule has 7 nitrogen and oxygen atoms in total. The maximum atomic E-state index is 12.0. The molecule has 1 rings (SSSR count). The van der Waals surface area contributed by atoms with E-state index >= 15 is 0 Å². The standard InChI is InChI=1S/C11H21F3N4O3S/c1-9(2)16-22(20,21)18-5-3-17(4-6-18)7-10(19)15-8-11(12,13)14/h9,16H,3-8H2,1-2H3,(H,15,19). The van der Waals surface area contributed by atoms with Gasteiger partial charge in [-0.25, -0.2) is 0 Å². The zero-order valence-corrected chi connectivity index (χ0v) is 13.3. The lowest BCUT2D eigenvalue weighted by Gasteiger charge is -2.33. The van der Waals surface area contributed by atoms with Crippen molar-refractivity contribution >= 4 is 16.1 Å². The predicted octanol–water partition coefficient (Wildman–Crippen LogP) is -0.475. The van der Waals surface area contributed by atoms with E-state index in [9.17, 15) is 26.4 Å². The molecule has 0 aromatic carbocycles. The van der Waals surface area contributed by atoms with Crippen LogP contribution in [0.2, 0.25) is 0 Å². The van der Waals surface area contributed by atoms with Gasteiger partial charge in [-0.15, -0.1) is 0 Å². The van der Waals surface area contributed by atoms with E-state index in [0.717, 1.165) is 0 Å². The summed E-state index contributed by atoms with van der Waals surface area (Å²) in [4.78, 5) is 13.0. The molecule has 0 atom stereocenters. The minimum absolute atomic E-state index is 0.179. The Balaban J connectivity index is 2.38. The van der Waals surface area contributed by atoms with Gasteiger partial charge in [0.25, 0.3) is 10.2 Å². The van der Waals surface area contributed by atoms with Gasteiger partial charge in [0, 0.05) is 32.2 Å². The van der Waals surface area contributed by atoms with Crippen LogP contribution in [0.25, 0.3) is 0 Å². The lowest BCUT2D eigenvalue weighted by atomic mass is 10.3. The molecule has 0 aromatic rings. The van der Waals surface area contributed by atoms with Gasteiger partial charge in [0.1, 0.15) is 6.54 Å². The molecular formula is C11H21F3N4O3S. The van der Waals surface area contributed by atoms with E-state index in [2.05, 4.69) is 4.72 Å². The molecule has 130 valence electrons. The fourth-order valence-corrected chi connectivity index (χ4v) is 3.35. The topological polar surface area (TPSA) is 81.8 Å². The van der Waals surface area contributed by atoms with E-state index < -0.39 is 28.8 Å². The second-order valence-corrected chi connectivity index (χ2v) is 7.05. The van der Waals surface area contributed by atoms with Gasteiger partial charge in [-0.05, 0) is 13.8 Å². The van der Waals surface area contributed by atoms with Gasteiger partial charge in [0.2, 0.25) is 5.91 Å². The average Bonchev–Trinajstić information content (AvgIpc) is 2.35. The van der Waals surface area contributed by atoms with Crippen molar-refractivity contribution in [2.24, 2.45) is 0 Å². The Kier molecular flexibility index (Phi) is 6.59. The summed E-state index contributed by atoms with van der Waals surface area (Å²) in [6, 6.07) is -0.226. The third-order valence-corrected chi connectivity index (χ3v) is 4.72. The van der Waals surface area contributed by atoms with E-state index in [4.69, 9.17) is 0 Å². The zero-order chi connectivity index (χ0) is 17.0. The van der Waals surface area contributed by atoms with Crippen LogP contribution in [-0.2, 0) is 15.0 Å². The monoisotopic (exact) mass is 346 g/mol. The number of carbonyl (C=O) groups excluding carboxylic acids is 1. The number of nitrogens with zero attached hydrogens (tertiary/aromatic N) is 2. The highest BCUT2D eigenvalue weighted by molar-refractivity contribution is 7.87. The van der Waals surface area contributed by atoms with Gasteiger partial charge < -0.3 is 5.32 Å². The van der Waals surface area contributed by atoms with Crippen molar-refractivity contribution in [2.75, 3.05) is 39.3 Å². The van der Waals surface area contributed by atoms with Crippen LogP contribution in [0.5, 0.6) is 0 Å². The van der Waals surface area contributed by atoms with Crippen LogP contribution in [0, 0.1) is 0 Å². The highest BCUT2D eigenvalue weighted by atomic mass is 32.2. The largest absolute Gasteiger partial charge is 0.405 e. The SMILES string of the molecule is CC(C)NS(=O)(=O)N1CCN(CC(=O)NCC(F)(F)F)CC1. The first-order valence-electron chi connectivity index (χ1n) is 6.83. The zero-order valence-electron chi connectivity index (χ0n) is 12.5. The molecule has 0 bridgehead atoms. The number of alkyl halides is 3. The average molecular weight is 346 g/mol. The predicted molar refractivity (Wildman–Crippen MR) is 74.3 cm³/mol. The van der Waals surface area contributed by atoms with Gasteiger partial charge >= 0.3 is 6.18 Å². The van der Waals surface area contributed by atoms with Crippen molar-refractivity contribution in [3.05, 3.63) is 0 Å². The first-order valence-corrected chi connectivity index (χ1v) is 8.27. The number of hydrogen-bond donors (Lipinski definition) is 2. The summed E-state index contributed by atoms with van der Waals surface area (Å²) >= 11 is 0. The second-order valence-electron chi connectivity index (χ2n) is 5.34. The van der Waals surface area contributed by atoms with Crippen molar-refractivity contribution in [1.29, 1.82) is 0 Å². The molecule has 22 heavy (non-hydrogen) atoms. The Bertz CT molecular complexity index is 473. The third kappa shape index (κ3) is 6.90. The Morgan fingerprint density at radius 3 is 2.18 bits per heavy atom. The summed E-state index contributed by atoms with van der Waals surface area (Å²) in [6.07, 6.45) is -4.44. The molecule has 1 amide bonds. The summed E-state index contributed by atoms with van der Waals surface area (Å²) in [7, 11) is -3.56. The van der Waals surface area contributed by atoms with Crippen molar-refractivity contribution in [3.8, 4) is 0 Å². The first-order chi connectivity index (χ1) is 9.99. The quantitative estimate of drug-likeness (QED) is 0.681. The van der Waals surface area contributed by atoms with E-state index in [1.54, 1.807) is 24.1 Å². The molecule has 0 aromatic heterocycles. The van der Waals surface area contributed by atoms with Gasteiger partial charge in [0.05, 0.1) is 6.54 Å². The van der Waals surface area contributed by atoms with Crippen LogP contribution in [0.15, 0.2) is 0 Å². The van der Waals surface area contributed by atoms with Gasteiger partial charge in [-0.3, -0.25) is 9.69 Å². The number of carbonyl (C=O) groups is 1. The van der Waals surface area contributed by atoms with Crippen LogP contribution in [-0.4, -0.2) is 75.0 Å². The summed E-state index contributed by atoms with van der Waals surface area (Å²) in [5.74, 6) is -0.728. The minimum Gasteiger partial charge on any atom is -0.346 e. The number of halogens is 3. The molecular weight excluding hydrogens is 325 g/mol. The first kappa shape index (κ1) is 19.1. The van der Waals surface area contributed by atoms with Crippen molar-refractivity contribution in [3.63, 3.8) is 0 Å². The van der Waals surface area contributed by atoms with E-state index in [-0.39, 0.29) is 25.7 Å². The summed E-state index contributed by atoms with van der Waals surface area (Å²) < 4.78 is 63.5. The maximum absolute atomic E-state index is 12.0. The Morgan fingerprint density at radius 2 is 1.73 bits per heavy atom. The fraction of sp³-hybridized carbons (Fsp3) is 0.909. The lowest BCUT2D eigenvalue weighted by Crippen LogP contribution is -2.54. The molecule has 0 unspecified atom stereocenters. The van der Waals surface area contributed by atoms with E-state index in [1.807, 2.05) is 0 Å². The van der Waals surface area contributed by atoms with Crippen LogP contribution >= 0.6 is 0 Å². The maximum Gasteiger partial charge on any atom is 0.405 e. The van der Waals surface area contributed by atoms with Crippen molar-refractivity contribution in [1.82, 2.24) is 19.2 Å². The fourth-order valence-electron chi connectivity index (χ4n) is 1.96. The van der Waals surface area contributed by atoms with Gasteiger partial charge in [0.15, 0.2) is 0 Å². The number of nitrogens with one attached hydrogen (secondary N) is 2. The molecule has 1 saturated heterocycles. The molecule has 1 heterocycles. The summed E-state index contributed by atoms with van der Waals surface area (Å²) in [5, 5.41) is 1.79. The van der Waals surface area contributed by atoms with Crippen molar-refractivity contribution < 1.29 is 26.4 Å². The molecule has 0 saturated carbocycles. The smallest absolute Gasteiger partial charge is 0.346 e. The molecule has 0 spiro atoms. The summed E-state index contributed by atoms with van der Waals surface area (Å²) in [6.45, 7) is 2.83. The van der Waals surface area contributed by atoms with Crippen LogP contribution in [0.3, 0.4) is 0 Å². The van der Waals surface area contributed by atoms with E-state index in [0.29, 0.717) is 13.1 Å². The lowest BCUT2D eigenvalue weighted by molar-refractivity contribution is -0.139. The van der Waals surface area contributed by atoms with Gasteiger partial charge in [-0.1, -0.05) is 0 Å². The Morgan fingerprint density at radius 1 is 1.18 bits per heavy atom. The third-order valence-electron chi connectivity index (χ3n) is 2.91. The molecule has 11 heteroatoms. The highest BCUT2D eigenvalue weighted by Crippen LogP contribution is 2.12. The number of amides is 1. The normalized spacial score (nSPS) is 18.6. The van der Waals surface area contributed by atoms with Crippen LogP contribution in [0.1, 0.15) is 13.8 Å². The van der Waals surface area contributed by atoms with Gasteiger partial charge in [-0.2, -0.15) is 30.6 Å². The molecule has 1 aliphatic rings. The van der Waals surface area contributed by atoms with Crippen molar-refractivity contribution in [2.45, 2.75) is 26.1 Å². The Labute approximate surface area is 128 Å². The molecule has 1 fully saturated rings. The van der Waals surface area contributed by atoms with E-state index in [1.165, 1.54) is 4.31 Å². The Hall–Kier alpha value is -0.910. The number of piperazine rings is 1. The van der Waals surface area contributed by atoms with Crippen LogP contribution in [0.4, 0.5) is 13.2 Å². The van der Waals surface area contributed by atoms with Crippen LogP contribution < -0.4 is 10.0 Å². The summed E-state index contributed by atoms with van der Waals surface area (Å²) in [5.41, 5.74) is 0. The number of hydrogen-bond acceptors (Lipinski definition) is 4. The molecule has 2 N–H and O–H groups in total. The minimum atomic E-state index is -4.44. The molecule has 0 radical (unpaired) electrons. The highest BCUT2D eigenvalue weighted by Gasteiger charge is 2.30. The number of rotatable bonds is 6. The second kappa shape index (κ2) is 7.57. The molecule has 1 aliphatic heterocycles. The molecule has 0 aliphatic carbocycles.